The van der Waals surface area contributed by atoms with E-state index in [9.17, 15) is 4.79 Å². The van der Waals surface area contributed by atoms with E-state index in [2.05, 4.69) is 16.4 Å². The standard InChI is InChI=1S/C24H22ClN3O2/c1-16-11-17(2)13-18(12-16)26-24(29)14-28-21-9-5-4-8-20(21)27-23(28)15-30-22-10-6-3-7-19(22)25/h3-13H,14-15H2,1-2H3,(H,26,29). The molecule has 6 heteroatoms. The molecule has 0 fully saturated rings. The van der Waals surface area contributed by atoms with Crippen LogP contribution in [-0.4, -0.2) is 15.5 Å². The molecule has 1 amide bonds. The van der Waals surface area contributed by atoms with Crippen LogP contribution in [0.25, 0.3) is 11.0 Å². The third kappa shape index (κ3) is 4.47. The molecule has 0 radical (unpaired) electrons. The molecule has 1 N–H and O–H groups in total. The molecule has 152 valence electrons. The zero-order chi connectivity index (χ0) is 21.1. The number of aromatic nitrogens is 2. The lowest BCUT2D eigenvalue weighted by molar-refractivity contribution is -0.116. The molecule has 4 rings (SSSR count). The van der Waals surface area contributed by atoms with Gasteiger partial charge < -0.3 is 14.6 Å². The summed E-state index contributed by atoms with van der Waals surface area (Å²) in [6.45, 7) is 4.36. The van der Waals surface area contributed by atoms with Gasteiger partial charge in [0.25, 0.3) is 0 Å². The molecule has 5 nitrogen and oxygen atoms in total. The molecule has 1 aromatic heterocycles. The van der Waals surface area contributed by atoms with E-state index in [4.69, 9.17) is 16.3 Å². The Morgan fingerprint density at radius 2 is 1.73 bits per heavy atom. The molecule has 0 bridgehead atoms. The van der Waals surface area contributed by atoms with Crippen LogP contribution < -0.4 is 10.1 Å². The van der Waals surface area contributed by atoms with E-state index in [0.717, 1.165) is 27.8 Å². The van der Waals surface area contributed by atoms with Gasteiger partial charge >= 0.3 is 0 Å². The summed E-state index contributed by atoms with van der Waals surface area (Å²) in [5.74, 6) is 1.12. The molecule has 0 saturated heterocycles. The smallest absolute Gasteiger partial charge is 0.244 e. The number of aryl methyl sites for hydroxylation is 2. The number of rotatable bonds is 6. The fraction of sp³-hybridized carbons (Fsp3) is 0.167. The predicted octanol–water partition coefficient (Wildman–Crippen LogP) is 5.52. The van der Waals surface area contributed by atoms with Crippen LogP contribution >= 0.6 is 11.6 Å². The molecule has 0 aliphatic heterocycles. The van der Waals surface area contributed by atoms with E-state index in [1.165, 1.54) is 0 Å². The Morgan fingerprint density at radius 1 is 1.03 bits per heavy atom. The molecular formula is C24H22ClN3O2. The summed E-state index contributed by atoms with van der Waals surface area (Å²) >= 11 is 6.19. The zero-order valence-corrected chi connectivity index (χ0v) is 17.6. The summed E-state index contributed by atoms with van der Waals surface area (Å²) < 4.78 is 7.76. The topological polar surface area (TPSA) is 56.2 Å². The Balaban J connectivity index is 1.58. The van der Waals surface area contributed by atoms with Crippen molar-refractivity contribution in [1.82, 2.24) is 9.55 Å². The lowest BCUT2D eigenvalue weighted by atomic mass is 10.1. The number of para-hydroxylation sites is 3. The minimum absolute atomic E-state index is 0.123. The van der Waals surface area contributed by atoms with Crippen molar-refractivity contribution in [1.29, 1.82) is 0 Å². The fourth-order valence-corrected chi connectivity index (χ4v) is 3.70. The molecule has 3 aromatic carbocycles. The Bertz CT molecular complexity index is 1200. The maximum Gasteiger partial charge on any atom is 0.244 e. The van der Waals surface area contributed by atoms with Crippen molar-refractivity contribution in [3.8, 4) is 5.75 Å². The molecule has 30 heavy (non-hydrogen) atoms. The lowest BCUT2D eigenvalue weighted by Gasteiger charge is -2.12. The minimum Gasteiger partial charge on any atom is -0.484 e. The summed E-state index contributed by atoms with van der Waals surface area (Å²) in [5, 5.41) is 3.52. The minimum atomic E-state index is -0.123. The average molecular weight is 420 g/mol. The van der Waals surface area contributed by atoms with Crippen molar-refractivity contribution in [2.45, 2.75) is 27.0 Å². The van der Waals surface area contributed by atoms with E-state index < -0.39 is 0 Å². The highest BCUT2D eigenvalue weighted by atomic mass is 35.5. The number of benzene rings is 3. The first-order valence-electron chi connectivity index (χ1n) is 9.69. The number of fused-ring (bicyclic) bond motifs is 1. The van der Waals surface area contributed by atoms with Crippen LogP contribution in [0.3, 0.4) is 0 Å². The first-order valence-corrected chi connectivity index (χ1v) is 10.1. The third-order valence-electron chi connectivity index (χ3n) is 4.73. The van der Waals surface area contributed by atoms with Gasteiger partial charge in [-0.15, -0.1) is 0 Å². The summed E-state index contributed by atoms with van der Waals surface area (Å²) in [7, 11) is 0. The highest BCUT2D eigenvalue weighted by molar-refractivity contribution is 6.32. The second-order valence-corrected chi connectivity index (χ2v) is 7.65. The van der Waals surface area contributed by atoms with Crippen molar-refractivity contribution >= 4 is 34.2 Å². The summed E-state index contributed by atoms with van der Waals surface area (Å²) in [6.07, 6.45) is 0. The summed E-state index contributed by atoms with van der Waals surface area (Å²) in [4.78, 5) is 17.5. The van der Waals surface area contributed by atoms with Gasteiger partial charge in [0, 0.05) is 5.69 Å². The van der Waals surface area contributed by atoms with Gasteiger partial charge in [0.15, 0.2) is 0 Å². The van der Waals surface area contributed by atoms with Crippen LogP contribution in [0.1, 0.15) is 17.0 Å². The number of amides is 1. The van der Waals surface area contributed by atoms with Gasteiger partial charge in [-0.1, -0.05) is 41.9 Å². The van der Waals surface area contributed by atoms with Gasteiger partial charge in [0.1, 0.15) is 24.7 Å². The number of nitrogens with one attached hydrogen (secondary N) is 1. The van der Waals surface area contributed by atoms with Crippen LogP contribution in [0.15, 0.2) is 66.7 Å². The van der Waals surface area contributed by atoms with Crippen LogP contribution in [0.4, 0.5) is 5.69 Å². The average Bonchev–Trinajstić information content (AvgIpc) is 3.04. The van der Waals surface area contributed by atoms with Crippen LogP contribution in [0.5, 0.6) is 5.75 Å². The maximum absolute atomic E-state index is 12.8. The molecular weight excluding hydrogens is 398 g/mol. The molecule has 0 atom stereocenters. The van der Waals surface area contributed by atoms with Crippen molar-refractivity contribution in [3.05, 3.63) is 88.7 Å². The second kappa shape index (κ2) is 8.59. The molecule has 0 saturated carbocycles. The summed E-state index contributed by atoms with van der Waals surface area (Å²) in [6, 6.07) is 21.0. The highest BCUT2D eigenvalue weighted by Crippen LogP contribution is 2.25. The van der Waals surface area contributed by atoms with E-state index in [1.807, 2.05) is 73.0 Å². The monoisotopic (exact) mass is 419 g/mol. The Morgan fingerprint density at radius 3 is 2.50 bits per heavy atom. The molecule has 1 heterocycles. The van der Waals surface area contributed by atoms with Crippen molar-refractivity contribution in [3.63, 3.8) is 0 Å². The molecule has 0 aliphatic carbocycles. The number of hydrogen-bond donors (Lipinski definition) is 1. The first-order chi connectivity index (χ1) is 14.5. The normalized spacial score (nSPS) is 10.9. The van der Waals surface area contributed by atoms with Crippen LogP contribution in [0, 0.1) is 13.8 Å². The molecule has 0 spiro atoms. The number of ether oxygens (including phenoxy) is 1. The number of halogens is 1. The van der Waals surface area contributed by atoms with Crippen molar-refractivity contribution in [2.75, 3.05) is 5.32 Å². The van der Waals surface area contributed by atoms with Gasteiger partial charge in [-0.3, -0.25) is 4.79 Å². The number of anilines is 1. The van der Waals surface area contributed by atoms with E-state index >= 15 is 0 Å². The second-order valence-electron chi connectivity index (χ2n) is 7.25. The lowest BCUT2D eigenvalue weighted by Crippen LogP contribution is -2.21. The zero-order valence-electron chi connectivity index (χ0n) is 16.9. The largest absolute Gasteiger partial charge is 0.484 e. The Labute approximate surface area is 180 Å². The van der Waals surface area contributed by atoms with Gasteiger partial charge in [0.05, 0.1) is 16.1 Å². The van der Waals surface area contributed by atoms with Crippen LogP contribution in [-0.2, 0) is 17.9 Å². The molecule has 0 unspecified atom stereocenters. The molecule has 0 aliphatic rings. The highest BCUT2D eigenvalue weighted by Gasteiger charge is 2.15. The van der Waals surface area contributed by atoms with Crippen molar-refractivity contribution in [2.24, 2.45) is 0 Å². The number of nitrogens with zero attached hydrogens (tertiary/aromatic N) is 2. The number of carbonyl (C=O) groups is 1. The summed E-state index contributed by atoms with van der Waals surface area (Å²) in [5.41, 5.74) is 4.69. The number of imidazole rings is 1. The maximum atomic E-state index is 12.8. The quantitative estimate of drug-likeness (QED) is 0.447. The Kier molecular flexibility index (Phi) is 5.72. The van der Waals surface area contributed by atoms with Gasteiger partial charge in [0.2, 0.25) is 5.91 Å². The predicted molar refractivity (Wildman–Crippen MR) is 120 cm³/mol. The third-order valence-corrected chi connectivity index (χ3v) is 5.05. The van der Waals surface area contributed by atoms with Gasteiger partial charge in [-0.05, 0) is 61.4 Å². The fourth-order valence-electron chi connectivity index (χ4n) is 3.51. The number of hydrogen-bond acceptors (Lipinski definition) is 3. The van der Waals surface area contributed by atoms with Crippen molar-refractivity contribution < 1.29 is 9.53 Å². The Hall–Kier alpha value is -3.31. The van der Waals surface area contributed by atoms with E-state index in [0.29, 0.717) is 16.6 Å². The van der Waals surface area contributed by atoms with Gasteiger partial charge in [-0.25, -0.2) is 4.98 Å². The van der Waals surface area contributed by atoms with E-state index in [-0.39, 0.29) is 19.1 Å². The number of carbonyl (C=O) groups excluding carboxylic acids is 1. The van der Waals surface area contributed by atoms with Gasteiger partial charge in [-0.2, -0.15) is 0 Å². The van der Waals surface area contributed by atoms with Crippen LogP contribution in [0.2, 0.25) is 5.02 Å². The van der Waals surface area contributed by atoms with E-state index in [1.54, 1.807) is 6.07 Å². The first kappa shape index (κ1) is 20.0. The molecule has 4 aromatic rings. The SMILES string of the molecule is Cc1cc(C)cc(NC(=O)Cn2c(COc3ccccc3Cl)nc3ccccc32)c1.